The highest BCUT2D eigenvalue weighted by Gasteiger charge is 2.25. The maximum Gasteiger partial charge on any atom is 0.0844 e. The van der Waals surface area contributed by atoms with Crippen LogP contribution in [0.1, 0.15) is 19.0 Å². The standard InChI is InChI=1S/C12H13N3O/c1-12(9-15-16)5-7-14-11(8-12)10-4-2-3-6-13-10/h2-7,9,16H,8H2,1H3. The number of nitrogens with zero attached hydrogens (tertiary/aromatic N) is 3. The fraction of sp³-hybridized carbons (Fsp3) is 0.250. The number of allylic oxidation sites excluding steroid dienone is 1. The first-order valence-corrected chi connectivity index (χ1v) is 5.08. The van der Waals surface area contributed by atoms with Crippen LogP contribution < -0.4 is 0 Å². The predicted octanol–water partition coefficient (Wildman–Crippen LogP) is 2.25. The van der Waals surface area contributed by atoms with Crippen LogP contribution in [0.25, 0.3) is 0 Å². The molecule has 1 aromatic heterocycles. The molecule has 0 saturated heterocycles. The van der Waals surface area contributed by atoms with Crippen molar-refractivity contribution in [2.24, 2.45) is 15.6 Å². The summed E-state index contributed by atoms with van der Waals surface area (Å²) in [5.74, 6) is 0. The average molecular weight is 215 g/mol. The maximum atomic E-state index is 8.62. The summed E-state index contributed by atoms with van der Waals surface area (Å²) in [6, 6.07) is 5.73. The Hall–Kier alpha value is -1.97. The molecule has 0 bridgehead atoms. The normalized spacial score (nSPS) is 24.7. The fourth-order valence-corrected chi connectivity index (χ4v) is 1.67. The number of oxime groups is 1. The highest BCUT2D eigenvalue weighted by atomic mass is 16.4. The van der Waals surface area contributed by atoms with Gasteiger partial charge in [-0.1, -0.05) is 19.1 Å². The van der Waals surface area contributed by atoms with Gasteiger partial charge in [0.15, 0.2) is 0 Å². The summed E-state index contributed by atoms with van der Waals surface area (Å²) in [5.41, 5.74) is 1.48. The number of aliphatic imine (C=N–C) groups is 1. The molecule has 0 saturated carbocycles. The molecule has 0 fully saturated rings. The second-order valence-electron chi connectivity index (χ2n) is 4.03. The first kappa shape index (κ1) is 10.5. The molecule has 1 unspecified atom stereocenters. The zero-order valence-electron chi connectivity index (χ0n) is 9.04. The Morgan fingerprint density at radius 1 is 1.50 bits per heavy atom. The molecule has 4 heteroatoms. The first-order chi connectivity index (χ1) is 7.73. The van der Waals surface area contributed by atoms with E-state index in [1.165, 1.54) is 6.21 Å². The monoisotopic (exact) mass is 215 g/mol. The Bertz CT molecular complexity index is 451. The lowest BCUT2D eigenvalue weighted by molar-refractivity contribution is 0.316. The SMILES string of the molecule is CC1(C=NO)C=CN=C(c2ccccn2)C1. The molecule has 2 heterocycles. The molecule has 4 nitrogen and oxygen atoms in total. The third kappa shape index (κ3) is 2.16. The van der Waals surface area contributed by atoms with Gasteiger partial charge in [-0.2, -0.15) is 0 Å². The number of hydrogen-bond donors (Lipinski definition) is 1. The molecule has 0 amide bonds. The molecule has 1 atom stereocenters. The molecule has 0 radical (unpaired) electrons. The van der Waals surface area contributed by atoms with Crippen LogP contribution in [-0.4, -0.2) is 22.1 Å². The van der Waals surface area contributed by atoms with E-state index in [-0.39, 0.29) is 5.41 Å². The van der Waals surface area contributed by atoms with Gasteiger partial charge in [0, 0.05) is 24.2 Å². The van der Waals surface area contributed by atoms with Gasteiger partial charge in [0.05, 0.1) is 17.6 Å². The van der Waals surface area contributed by atoms with Crippen molar-refractivity contribution in [2.45, 2.75) is 13.3 Å². The summed E-state index contributed by atoms with van der Waals surface area (Å²) in [6.45, 7) is 1.99. The van der Waals surface area contributed by atoms with Crippen molar-refractivity contribution in [1.29, 1.82) is 0 Å². The van der Waals surface area contributed by atoms with Crippen molar-refractivity contribution in [1.82, 2.24) is 4.98 Å². The summed E-state index contributed by atoms with van der Waals surface area (Å²) in [4.78, 5) is 8.56. The summed E-state index contributed by atoms with van der Waals surface area (Å²) < 4.78 is 0. The molecule has 16 heavy (non-hydrogen) atoms. The molecule has 1 aliphatic rings. The van der Waals surface area contributed by atoms with Gasteiger partial charge in [-0.3, -0.25) is 9.98 Å². The van der Waals surface area contributed by atoms with Gasteiger partial charge >= 0.3 is 0 Å². The van der Waals surface area contributed by atoms with Crippen molar-refractivity contribution >= 4 is 11.9 Å². The summed E-state index contributed by atoms with van der Waals surface area (Å²) >= 11 is 0. The van der Waals surface area contributed by atoms with E-state index in [0.29, 0.717) is 6.42 Å². The lowest BCUT2D eigenvalue weighted by Crippen LogP contribution is -2.23. The van der Waals surface area contributed by atoms with Crippen molar-refractivity contribution in [2.75, 3.05) is 0 Å². The second kappa shape index (κ2) is 4.26. The van der Waals surface area contributed by atoms with Gasteiger partial charge in [-0.05, 0) is 12.1 Å². The first-order valence-electron chi connectivity index (χ1n) is 5.08. The van der Waals surface area contributed by atoms with Crippen LogP contribution in [0.2, 0.25) is 0 Å². The van der Waals surface area contributed by atoms with Gasteiger partial charge in [-0.25, -0.2) is 0 Å². The number of rotatable bonds is 2. The Morgan fingerprint density at radius 2 is 2.38 bits per heavy atom. The number of aromatic nitrogens is 1. The lowest BCUT2D eigenvalue weighted by Gasteiger charge is -2.23. The van der Waals surface area contributed by atoms with Gasteiger partial charge in [0.25, 0.3) is 0 Å². The van der Waals surface area contributed by atoms with Crippen LogP contribution in [-0.2, 0) is 0 Å². The third-order valence-corrected chi connectivity index (χ3v) is 2.55. The van der Waals surface area contributed by atoms with Crippen LogP contribution in [0, 0.1) is 5.41 Å². The Labute approximate surface area is 94.0 Å². The molecule has 0 spiro atoms. The van der Waals surface area contributed by atoms with Gasteiger partial charge < -0.3 is 5.21 Å². The minimum absolute atomic E-state index is 0.288. The van der Waals surface area contributed by atoms with Crippen LogP contribution in [0.15, 0.2) is 46.8 Å². The van der Waals surface area contributed by atoms with E-state index in [4.69, 9.17) is 5.21 Å². The van der Waals surface area contributed by atoms with E-state index in [1.54, 1.807) is 12.4 Å². The molecule has 1 aromatic rings. The van der Waals surface area contributed by atoms with E-state index < -0.39 is 0 Å². The number of pyridine rings is 1. The molecular weight excluding hydrogens is 202 g/mol. The van der Waals surface area contributed by atoms with E-state index in [9.17, 15) is 0 Å². The van der Waals surface area contributed by atoms with Gasteiger partial charge in [0.2, 0.25) is 0 Å². The molecule has 0 aromatic carbocycles. The van der Waals surface area contributed by atoms with E-state index in [2.05, 4.69) is 15.1 Å². The van der Waals surface area contributed by atoms with Gasteiger partial charge in [-0.15, -0.1) is 5.16 Å². The third-order valence-electron chi connectivity index (χ3n) is 2.55. The van der Waals surface area contributed by atoms with Crippen molar-refractivity contribution in [3.8, 4) is 0 Å². The topological polar surface area (TPSA) is 57.8 Å². The smallest absolute Gasteiger partial charge is 0.0844 e. The highest BCUT2D eigenvalue weighted by Crippen LogP contribution is 2.26. The average Bonchev–Trinajstić information content (AvgIpc) is 2.30. The van der Waals surface area contributed by atoms with Crippen LogP contribution >= 0.6 is 0 Å². The van der Waals surface area contributed by atoms with Crippen LogP contribution in [0.5, 0.6) is 0 Å². The summed E-state index contributed by atoms with van der Waals surface area (Å²) in [6.07, 6.45) is 7.59. The second-order valence-corrected chi connectivity index (χ2v) is 4.03. The highest BCUT2D eigenvalue weighted by molar-refractivity contribution is 6.02. The Kier molecular flexibility index (Phi) is 2.81. The summed E-state index contributed by atoms with van der Waals surface area (Å²) in [7, 11) is 0. The molecule has 2 rings (SSSR count). The van der Waals surface area contributed by atoms with Crippen LogP contribution in [0.4, 0.5) is 0 Å². The molecule has 1 N–H and O–H groups in total. The number of hydrogen-bond acceptors (Lipinski definition) is 4. The molecule has 0 aliphatic carbocycles. The van der Waals surface area contributed by atoms with Crippen molar-refractivity contribution < 1.29 is 5.21 Å². The van der Waals surface area contributed by atoms with Crippen molar-refractivity contribution in [3.05, 3.63) is 42.4 Å². The minimum Gasteiger partial charge on any atom is -0.411 e. The zero-order chi connectivity index (χ0) is 11.4. The van der Waals surface area contributed by atoms with E-state index in [1.807, 2.05) is 31.2 Å². The predicted molar refractivity (Wildman–Crippen MR) is 62.9 cm³/mol. The fourth-order valence-electron chi connectivity index (χ4n) is 1.67. The quantitative estimate of drug-likeness (QED) is 0.467. The van der Waals surface area contributed by atoms with Crippen molar-refractivity contribution in [3.63, 3.8) is 0 Å². The van der Waals surface area contributed by atoms with Gasteiger partial charge in [0.1, 0.15) is 0 Å². The zero-order valence-corrected chi connectivity index (χ0v) is 9.04. The maximum absolute atomic E-state index is 8.62. The molecule has 1 aliphatic heterocycles. The Balaban J connectivity index is 2.27. The van der Waals surface area contributed by atoms with E-state index in [0.717, 1.165) is 11.4 Å². The lowest BCUT2D eigenvalue weighted by atomic mass is 9.84. The minimum atomic E-state index is -0.288. The molecule has 82 valence electrons. The van der Waals surface area contributed by atoms with Crippen LogP contribution in [0.3, 0.4) is 0 Å². The molecular formula is C12H13N3O. The van der Waals surface area contributed by atoms with E-state index >= 15 is 0 Å². The summed E-state index contributed by atoms with van der Waals surface area (Å²) in [5, 5.41) is 11.7. The largest absolute Gasteiger partial charge is 0.411 e. The Morgan fingerprint density at radius 3 is 3.06 bits per heavy atom.